The molecule has 0 N–H and O–H groups in total. The molecule has 4 nitrogen and oxygen atoms in total. The van der Waals surface area contributed by atoms with Gasteiger partial charge < -0.3 is 18.9 Å². The maximum atomic E-state index is 7.05. The summed E-state index contributed by atoms with van der Waals surface area (Å²) in [6.45, 7) is 0. The smallest absolute Gasteiger partial charge is 0.141 e. The zero-order chi connectivity index (χ0) is 21.4. The van der Waals surface area contributed by atoms with Gasteiger partial charge in [-0.05, 0) is 48.4 Å². The molecule has 0 saturated heterocycles. The van der Waals surface area contributed by atoms with Crippen LogP contribution in [0.5, 0.6) is 23.0 Å². The minimum atomic E-state index is -0.466. The third kappa shape index (κ3) is 3.21. The Hall–Kier alpha value is -3.14. The predicted molar refractivity (Wildman–Crippen MR) is 121 cm³/mol. The van der Waals surface area contributed by atoms with E-state index in [0.717, 1.165) is 47.8 Å². The Kier molecular flexibility index (Phi) is 5.01. The molecule has 3 aromatic rings. The molecule has 2 bridgehead atoms. The van der Waals surface area contributed by atoms with Gasteiger partial charge in [0.2, 0.25) is 0 Å². The summed E-state index contributed by atoms with van der Waals surface area (Å²) in [6.07, 6.45) is 2.99. The Morgan fingerprint density at radius 3 is 2.26 bits per heavy atom. The summed E-state index contributed by atoms with van der Waals surface area (Å²) in [6, 6.07) is 23.1. The standard InChI is InChI=1S/C27H28O4/c1-28-21-11-9-20(10-12-21)27-14-13-19(15-23(27)18-7-5-4-6-8-18)26-24(30-3)16-22(29-2)17-25(26)31-27/h4-12,16-17,19,23H,13-15H2,1-3H3/t19-,23?,27?/m0/s1. The molecule has 3 atom stereocenters. The van der Waals surface area contributed by atoms with Gasteiger partial charge in [-0.3, -0.25) is 0 Å². The third-order valence-corrected chi connectivity index (χ3v) is 6.96. The Balaban J connectivity index is 1.72. The Morgan fingerprint density at radius 1 is 0.839 bits per heavy atom. The summed E-state index contributed by atoms with van der Waals surface area (Å²) >= 11 is 0. The van der Waals surface area contributed by atoms with E-state index in [1.807, 2.05) is 24.3 Å². The van der Waals surface area contributed by atoms with Gasteiger partial charge in [0, 0.05) is 23.6 Å². The first-order chi connectivity index (χ1) is 15.2. The van der Waals surface area contributed by atoms with Crippen LogP contribution in [0.4, 0.5) is 0 Å². The van der Waals surface area contributed by atoms with Crippen LogP contribution in [0.3, 0.4) is 0 Å². The largest absolute Gasteiger partial charge is 0.497 e. The van der Waals surface area contributed by atoms with Gasteiger partial charge in [0.15, 0.2) is 0 Å². The minimum absolute atomic E-state index is 0.226. The van der Waals surface area contributed by atoms with Gasteiger partial charge in [-0.2, -0.15) is 0 Å². The van der Waals surface area contributed by atoms with Crippen LogP contribution in [0.1, 0.15) is 47.8 Å². The van der Waals surface area contributed by atoms with Gasteiger partial charge in [-0.15, -0.1) is 0 Å². The van der Waals surface area contributed by atoms with Crippen molar-refractivity contribution in [2.45, 2.75) is 36.7 Å². The molecule has 4 heteroatoms. The Morgan fingerprint density at radius 2 is 1.58 bits per heavy atom. The first kappa shape index (κ1) is 19.8. The molecule has 1 aliphatic carbocycles. The summed E-state index contributed by atoms with van der Waals surface area (Å²) < 4.78 is 23.8. The molecule has 6 rings (SSSR count). The molecule has 1 saturated carbocycles. The van der Waals surface area contributed by atoms with E-state index in [0.29, 0.717) is 5.92 Å². The maximum Gasteiger partial charge on any atom is 0.141 e. The summed E-state index contributed by atoms with van der Waals surface area (Å²) in [7, 11) is 5.10. The second kappa shape index (κ2) is 7.84. The zero-order valence-corrected chi connectivity index (χ0v) is 18.3. The molecule has 3 aliphatic rings. The molecule has 0 aromatic heterocycles. The third-order valence-electron chi connectivity index (χ3n) is 6.96. The molecule has 2 unspecified atom stereocenters. The number of ether oxygens (including phenoxy) is 4. The van der Waals surface area contributed by atoms with Gasteiger partial charge in [-0.25, -0.2) is 0 Å². The van der Waals surface area contributed by atoms with Crippen molar-refractivity contribution in [2.75, 3.05) is 21.3 Å². The molecule has 160 valence electrons. The fraction of sp³-hybridized carbons (Fsp3) is 0.333. The number of hydrogen-bond donors (Lipinski definition) is 0. The van der Waals surface area contributed by atoms with Gasteiger partial charge in [0.05, 0.1) is 21.3 Å². The van der Waals surface area contributed by atoms with Crippen LogP contribution in [-0.4, -0.2) is 21.3 Å². The molecule has 0 spiro atoms. The topological polar surface area (TPSA) is 36.9 Å². The van der Waals surface area contributed by atoms with Crippen LogP contribution >= 0.6 is 0 Å². The second-order valence-electron chi connectivity index (χ2n) is 8.40. The van der Waals surface area contributed by atoms with Crippen molar-refractivity contribution in [2.24, 2.45) is 0 Å². The highest BCUT2D eigenvalue weighted by molar-refractivity contribution is 5.55. The first-order valence-corrected chi connectivity index (χ1v) is 10.8. The molecule has 1 fully saturated rings. The number of rotatable bonds is 5. The lowest BCUT2D eigenvalue weighted by Gasteiger charge is -2.44. The number of fused-ring (bicyclic) bond motifs is 2. The predicted octanol–water partition coefficient (Wildman–Crippen LogP) is 6.05. The Labute approximate surface area is 183 Å². The lowest BCUT2D eigenvalue weighted by Crippen LogP contribution is -2.41. The van der Waals surface area contributed by atoms with Gasteiger partial charge >= 0.3 is 0 Å². The van der Waals surface area contributed by atoms with E-state index in [-0.39, 0.29) is 5.92 Å². The zero-order valence-electron chi connectivity index (χ0n) is 18.3. The lowest BCUT2D eigenvalue weighted by atomic mass is 9.65. The molecule has 2 heterocycles. The molecule has 0 radical (unpaired) electrons. The monoisotopic (exact) mass is 416 g/mol. The van der Waals surface area contributed by atoms with E-state index in [2.05, 4.69) is 42.5 Å². The van der Waals surface area contributed by atoms with Gasteiger partial charge in [0.25, 0.3) is 0 Å². The fourth-order valence-electron chi connectivity index (χ4n) is 5.45. The van der Waals surface area contributed by atoms with E-state index in [1.54, 1.807) is 21.3 Å². The van der Waals surface area contributed by atoms with Crippen LogP contribution < -0.4 is 18.9 Å². The molecule has 2 aliphatic heterocycles. The highest BCUT2D eigenvalue weighted by Crippen LogP contribution is 2.60. The quantitative estimate of drug-likeness (QED) is 0.507. The lowest BCUT2D eigenvalue weighted by molar-refractivity contribution is 0.0113. The van der Waals surface area contributed by atoms with Crippen molar-refractivity contribution in [3.8, 4) is 23.0 Å². The molecule has 0 amide bonds. The van der Waals surface area contributed by atoms with E-state index < -0.39 is 5.60 Å². The molecular formula is C27H28O4. The molecule has 3 aromatic carbocycles. The van der Waals surface area contributed by atoms with Crippen LogP contribution in [0, 0.1) is 0 Å². The van der Waals surface area contributed by atoms with Crippen molar-refractivity contribution in [3.63, 3.8) is 0 Å². The van der Waals surface area contributed by atoms with Crippen LogP contribution in [0.25, 0.3) is 0 Å². The average Bonchev–Trinajstić information content (AvgIpc) is 3.09. The minimum Gasteiger partial charge on any atom is -0.497 e. The Bertz CT molecular complexity index is 1060. The number of methoxy groups -OCH3 is 3. The van der Waals surface area contributed by atoms with Crippen molar-refractivity contribution in [1.82, 2.24) is 0 Å². The number of benzene rings is 3. The highest BCUT2D eigenvalue weighted by Gasteiger charge is 2.51. The normalized spacial score (nSPS) is 24.0. The van der Waals surface area contributed by atoms with Crippen molar-refractivity contribution in [3.05, 3.63) is 83.4 Å². The SMILES string of the molecule is COc1ccc(C23CC[C@@H](CC2c2ccccc2)c2c(OC)cc(OC)cc2O3)cc1. The molecular weight excluding hydrogens is 388 g/mol. The summed E-state index contributed by atoms with van der Waals surface area (Å²) in [5.74, 6) is 3.91. The number of hydrogen-bond acceptors (Lipinski definition) is 4. The van der Waals surface area contributed by atoms with E-state index >= 15 is 0 Å². The van der Waals surface area contributed by atoms with E-state index in [9.17, 15) is 0 Å². The van der Waals surface area contributed by atoms with Crippen LogP contribution in [0.2, 0.25) is 0 Å². The van der Waals surface area contributed by atoms with Crippen molar-refractivity contribution >= 4 is 0 Å². The van der Waals surface area contributed by atoms with E-state index in [1.165, 1.54) is 11.1 Å². The molecule has 31 heavy (non-hydrogen) atoms. The average molecular weight is 417 g/mol. The van der Waals surface area contributed by atoms with Gasteiger partial charge in [0.1, 0.15) is 28.6 Å². The highest BCUT2D eigenvalue weighted by atomic mass is 16.5. The summed E-state index contributed by atoms with van der Waals surface area (Å²) in [5.41, 5.74) is 3.18. The fourth-order valence-corrected chi connectivity index (χ4v) is 5.45. The van der Waals surface area contributed by atoms with Crippen LogP contribution in [0.15, 0.2) is 66.7 Å². The van der Waals surface area contributed by atoms with Crippen LogP contribution in [-0.2, 0) is 5.60 Å². The maximum absolute atomic E-state index is 7.05. The first-order valence-electron chi connectivity index (χ1n) is 10.8. The summed E-state index contributed by atoms with van der Waals surface area (Å²) in [5, 5.41) is 0. The van der Waals surface area contributed by atoms with Crippen molar-refractivity contribution in [1.29, 1.82) is 0 Å². The van der Waals surface area contributed by atoms with E-state index in [4.69, 9.17) is 18.9 Å². The summed E-state index contributed by atoms with van der Waals surface area (Å²) in [4.78, 5) is 0. The van der Waals surface area contributed by atoms with Gasteiger partial charge in [-0.1, -0.05) is 42.5 Å². The second-order valence-corrected chi connectivity index (χ2v) is 8.40. The van der Waals surface area contributed by atoms with Crippen molar-refractivity contribution < 1.29 is 18.9 Å².